The molecule has 0 spiro atoms. The molecule has 0 heterocycles. The molecule has 0 atom stereocenters. The standard InChI is InChI=1S/C48H99BO3S3/c1-4-7-10-13-16-19-22-25-28-34-43-53-46-37-31-40-50-49(51-41-32-38-47-54-44-35-29-26-23-20-17-14-11-8-5-2)52-42-33-39-48-55-45-36-30-27-24-21-18-15-12-9-6-3/h4-48H2,1-3H3. The van der Waals surface area contributed by atoms with Crippen LogP contribution in [0.1, 0.15) is 252 Å². The molecule has 3 nitrogen and oxygen atoms in total. The fraction of sp³-hybridized carbons (Fsp3) is 1.00. The molecule has 0 amide bonds. The molecule has 0 fully saturated rings. The third kappa shape index (κ3) is 51.1. The molecule has 55 heavy (non-hydrogen) atoms. The molecule has 0 aromatic rings. The van der Waals surface area contributed by atoms with Gasteiger partial charge in [0.05, 0.1) is 0 Å². The van der Waals surface area contributed by atoms with Crippen LogP contribution in [-0.4, -0.2) is 61.7 Å². The Morgan fingerprint density at radius 1 is 0.236 bits per heavy atom. The number of unbranched alkanes of at least 4 members (excludes halogenated alkanes) is 30. The molecule has 0 aromatic carbocycles. The largest absolute Gasteiger partial charge is 0.639 e. The van der Waals surface area contributed by atoms with E-state index in [9.17, 15) is 0 Å². The Balaban J connectivity index is 3.94. The van der Waals surface area contributed by atoms with Crippen molar-refractivity contribution in [2.45, 2.75) is 252 Å². The van der Waals surface area contributed by atoms with Gasteiger partial charge in [0.2, 0.25) is 0 Å². The third-order valence-corrected chi connectivity index (χ3v) is 14.2. The van der Waals surface area contributed by atoms with Crippen LogP contribution in [0.25, 0.3) is 0 Å². The molecule has 0 saturated heterocycles. The quantitative estimate of drug-likeness (QED) is 0.0448. The minimum Gasteiger partial charge on any atom is -0.386 e. The van der Waals surface area contributed by atoms with Gasteiger partial charge in [-0.05, 0) is 92.3 Å². The lowest BCUT2D eigenvalue weighted by Gasteiger charge is -2.15. The van der Waals surface area contributed by atoms with E-state index in [2.05, 4.69) is 56.1 Å². The van der Waals surface area contributed by atoms with Crippen molar-refractivity contribution in [3.63, 3.8) is 0 Å². The molecule has 0 rings (SSSR count). The average Bonchev–Trinajstić information content (AvgIpc) is 3.20. The van der Waals surface area contributed by atoms with Gasteiger partial charge in [0.15, 0.2) is 0 Å². The molecule has 0 N–H and O–H groups in total. The Labute approximate surface area is 361 Å². The topological polar surface area (TPSA) is 27.7 Å². The molecule has 330 valence electrons. The zero-order valence-corrected chi connectivity index (χ0v) is 40.3. The monoisotopic (exact) mass is 831 g/mol. The van der Waals surface area contributed by atoms with E-state index in [1.54, 1.807) is 0 Å². The first-order valence-corrected chi connectivity index (χ1v) is 28.4. The molecule has 0 aliphatic heterocycles. The van der Waals surface area contributed by atoms with Gasteiger partial charge in [-0.2, -0.15) is 35.3 Å². The van der Waals surface area contributed by atoms with Crippen LogP contribution >= 0.6 is 35.3 Å². The van der Waals surface area contributed by atoms with Crippen molar-refractivity contribution in [2.75, 3.05) is 54.3 Å². The SMILES string of the molecule is CCCCCCCCCCCCSCCCCOB(OCCCCSCCCCCCCCCCCC)OCCCCSCCCCCCCCCCCC. The maximum Gasteiger partial charge on any atom is 0.639 e. The van der Waals surface area contributed by atoms with Crippen molar-refractivity contribution in [2.24, 2.45) is 0 Å². The summed E-state index contributed by atoms with van der Waals surface area (Å²) in [6.07, 6.45) is 49.7. The molecule has 0 saturated carbocycles. The van der Waals surface area contributed by atoms with Crippen LogP contribution in [0.15, 0.2) is 0 Å². The Kier molecular flexibility index (Phi) is 54.0. The van der Waals surface area contributed by atoms with E-state index in [1.165, 1.54) is 246 Å². The summed E-state index contributed by atoms with van der Waals surface area (Å²) in [6.45, 7) is 9.13. The van der Waals surface area contributed by atoms with Gasteiger partial charge >= 0.3 is 7.32 Å². The minimum absolute atomic E-state index is 0.488. The van der Waals surface area contributed by atoms with Crippen molar-refractivity contribution >= 4 is 42.6 Å². The van der Waals surface area contributed by atoms with E-state index in [0.717, 1.165) is 39.1 Å². The van der Waals surface area contributed by atoms with Crippen molar-refractivity contribution in [1.82, 2.24) is 0 Å². The van der Waals surface area contributed by atoms with Crippen molar-refractivity contribution < 1.29 is 14.0 Å². The van der Waals surface area contributed by atoms with Crippen LogP contribution in [0.4, 0.5) is 0 Å². The first-order valence-electron chi connectivity index (χ1n) is 24.9. The Morgan fingerprint density at radius 3 is 0.636 bits per heavy atom. The Hall–Kier alpha value is 0.995. The van der Waals surface area contributed by atoms with Crippen molar-refractivity contribution in [1.29, 1.82) is 0 Å². The van der Waals surface area contributed by atoms with Gasteiger partial charge in [-0.15, -0.1) is 0 Å². The highest BCUT2D eigenvalue weighted by Crippen LogP contribution is 2.17. The van der Waals surface area contributed by atoms with Gasteiger partial charge in [0.1, 0.15) is 0 Å². The van der Waals surface area contributed by atoms with Crippen LogP contribution in [0.3, 0.4) is 0 Å². The van der Waals surface area contributed by atoms with E-state index < -0.39 is 7.32 Å². The van der Waals surface area contributed by atoms with Crippen LogP contribution in [0, 0.1) is 0 Å². The molecule has 0 radical (unpaired) electrons. The molecule has 0 aliphatic rings. The highest BCUT2D eigenvalue weighted by atomic mass is 32.2. The van der Waals surface area contributed by atoms with Crippen LogP contribution < -0.4 is 0 Å². The fourth-order valence-corrected chi connectivity index (χ4v) is 10.0. The summed E-state index contributed by atoms with van der Waals surface area (Å²) in [7, 11) is -0.488. The molecule has 7 heteroatoms. The molecule has 0 bridgehead atoms. The predicted molar refractivity (Wildman–Crippen MR) is 259 cm³/mol. The van der Waals surface area contributed by atoms with Gasteiger partial charge in [-0.3, -0.25) is 0 Å². The molecular formula is C48H99BO3S3. The Bertz CT molecular complexity index is 576. The predicted octanol–water partition coefficient (Wildman–Crippen LogP) is 17.3. The van der Waals surface area contributed by atoms with Gasteiger partial charge in [-0.25, -0.2) is 0 Å². The zero-order valence-electron chi connectivity index (χ0n) is 37.8. The van der Waals surface area contributed by atoms with Crippen molar-refractivity contribution in [3.8, 4) is 0 Å². The second kappa shape index (κ2) is 53.0. The van der Waals surface area contributed by atoms with Crippen LogP contribution in [-0.2, 0) is 14.0 Å². The Morgan fingerprint density at radius 2 is 0.418 bits per heavy atom. The lowest BCUT2D eigenvalue weighted by Crippen LogP contribution is -2.29. The summed E-state index contributed by atoms with van der Waals surface area (Å²) in [5.74, 6) is 7.71. The number of rotatable bonds is 51. The van der Waals surface area contributed by atoms with E-state index in [0.29, 0.717) is 0 Å². The van der Waals surface area contributed by atoms with Gasteiger partial charge < -0.3 is 14.0 Å². The smallest absolute Gasteiger partial charge is 0.386 e. The summed E-state index contributed by atoms with van der Waals surface area (Å²) in [5, 5.41) is 0. The minimum atomic E-state index is -0.488. The molecule has 0 unspecified atom stereocenters. The number of thioether (sulfide) groups is 3. The lowest BCUT2D eigenvalue weighted by molar-refractivity contribution is 0.0900. The first-order chi connectivity index (χ1) is 27.3. The number of hydrogen-bond acceptors (Lipinski definition) is 6. The normalized spacial score (nSPS) is 11.6. The van der Waals surface area contributed by atoms with Gasteiger partial charge in [0.25, 0.3) is 0 Å². The van der Waals surface area contributed by atoms with E-state index in [4.69, 9.17) is 14.0 Å². The summed E-state index contributed by atoms with van der Waals surface area (Å²) >= 11 is 6.40. The molecular weight excluding hydrogens is 732 g/mol. The second-order valence-corrected chi connectivity index (χ2v) is 20.1. The summed E-state index contributed by atoms with van der Waals surface area (Å²) in [5.41, 5.74) is 0. The average molecular weight is 831 g/mol. The van der Waals surface area contributed by atoms with E-state index in [-0.39, 0.29) is 0 Å². The third-order valence-electron chi connectivity index (χ3n) is 10.7. The molecule has 0 aliphatic carbocycles. The fourth-order valence-electron chi connectivity index (χ4n) is 6.98. The van der Waals surface area contributed by atoms with Crippen LogP contribution in [0.2, 0.25) is 0 Å². The van der Waals surface area contributed by atoms with Gasteiger partial charge in [-0.1, -0.05) is 194 Å². The second-order valence-electron chi connectivity index (χ2n) is 16.4. The lowest BCUT2D eigenvalue weighted by atomic mass is 10.1. The zero-order chi connectivity index (χ0) is 39.6. The first kappa shape index (κ1) is 56.0. The number of hydrogen-bond donors (Lipinski definition) is 0. The maximum atomic E-state index is 6.14. The highest BCUT2D eigenvalue weighted by molar-refractivity contribution is 7.99. The van der Waals surface area contributed by atoms with E-state index in [1.807, 2.05) is 0 Å². The highest BCUT2D eigenvalue weighted by Gasteiger charge is 2.20. The van der Waals surface area contributed by atoms with Crippen LogP contribution in [0.5, 0.6) is 0 Å². The summed E-state index contributed by atoms with van der Waals surface area (Å²) in [4.78, 5) is 0. The van der Waals surface area contributed by atoms with Crippen molar-refractivity contribution in [3.05, 3.63) is 0 Å². The summed E-state index contributed by atoms with van der Waals surface area (Å²) in [6, 6.07) is 0. The summed E-state index contributed by atoms with van der Waals surface area (Å²) < 4.78 is 18.4. The van der Waals surface area contributed by atoms with Gasteiger partial charge in [0, 0.05) is 19.8 Å². The van der Waals surface area contributed by atoms with E-state index >= 15 is 0 Å². The molecule has 0 aromatic heterocycles. The maximum absolute atomic E-state index is 6.14.